The van der Waals surface area contributed by atoms with E-state index in [1.54, 1.807) is 18.3 Å². The molecule has 14 heteroatoms. The lowest BCUT2D eigenvalue weighted by atomic mass is 10.0. The van der Waals surface area contributed by atoms with Crippen LogP contribution in [0.5, 0.6) is 5.75 Å². The summed E-state index contributed by atoms with van der Waals surface area (Å²) in [5.41, 5.74) is 13.5. The number of unbranched alkanes of at least 4 members (excludes halogenated alkanes) is 1. The SMILES string of the molecule is NCCCCC(NC(=O)C(Cc1ccc(O)cc1)NC(=O)C(Cc1c[nH]c2ccccc12)NC(=O)C(N)CCC(=O)O)C(=O)O. The van der Waals surface area contributed by atoms with Gasteiger partial charge in [-0.1, -0.05) is 30.3 Å². The number of carboxylic acids is 2. The second-order valence-electron chi connectivity index (χ2n) is 10.8. The number of nitrogens with one attached hydrogen (secondary N) is 4. The van der Waals surface area contributed by atoms with E-state index in [9.17, 15) is 34.2 Å². The molecular weight excluding hydrogens is 584 g/mol. The highest BCUT2D eigenvalue weighted by Gasteiger charge is 2.31. The van der Waals surface area contributed by atoms with Gasteiger partial charge < -0.3 is 47.7 Å². The lowest BCUT2D eigenvalue weighted by Gasteiger charge is -2.25. The highest BCUT2D eigenvalue weighted by molar-refractivity contribution is 5.95. The van der Waals surface area contributed by atoms with Crippen LogP contribution in [0.15, 0.2) is 54.7 Å². The third kappa shape index (κ3) is 10.6. The standard InChI is InChI=1S/C31H40N6O8/c32-14-4-3-7-24(31(44)45)35-29(42)25(15-18-8-10-20(38)11-9-18)37-30(43)26(36-28(41)22(33)12-13-27(39)40)16-19-17-34-23-6-2-1-5-21(19)23/h1-2,5-6,8-11,17,22,24-26,34,38H,3-4,7,12-16,32-33H2,(H,35,42)(H,36,41)(H,37,43)(H,39,40)(H,44,45). The number of benzene rings is 2. The van der Waals surface area contributed by atoms with E-state index in [4.69, 9.17) is 16.6 Å². The van der Waals surface area contributed by atoms with Crippen molar-refractivity contribution in [2.45, 2.75) is 69.1 Å². The van der Waals surface area contributed by atoms with Gasteiger partial charge in [0.25, 0.3) is 0 Å². The molecule has 1 heterocycles. The second kappa shape index (κ2) is 16.8. The minimum absolute atomic E-state index is 0.00236. The molecule has 0 aliphatic rings. The van der Waals surface area contributed by atoms with Gasteiger partial charge in [0.15, 0.2) is 0 Å². The van der Waals surface area contributed by atoms with E-state index in [1.165, 1.54) is 12.1 Å². The summed E-state index contributed by atoms with van der Waals surface area (Å²) in [7, 11) is 0. The maximum atomic E-state index is 13.8. The summed E-state index contributed by atoms with van der Waals surface area (Å²) in [6.07, 6.45) is 2.29. The number of aromatic amines is 1. The van der Waals surface area contributed by atoms with Crippen LogP contribution in [-0.4, -0.2) is 80.7 Å². The topological polar surface area (TPSA) is 250 Å². The number of para-hydroxylation sites is 1. The fraction of sp³-hybridized carbons (Fsp3) is 0.387. The number of aromatic nitrogens is 1. The molecule has 3 rings (SSSR count). The molecule has 0 radical (unpaired) electrons. The van der Waals surface area contributed by atoms with Crippen LogP contribution >= 0.6 is 0 Å². The first-order chi connectivity index (χ1) is 21.5. The van der Waals surface area contributed by atoms with E-state index in [2.05, 4.69) is 20.9 Å². The highest BCUT2D eigenvalue weighted by Crippen LogP contribution is 2.20. The van der Waals surface area contributed by atoms with Crippen LogP contribution in [0.4, 0.5) is 0 Å². The minimum Gasteiger partial charge on any atom is -0.508 e. The van der Waals surface area contributed by atoms with Crippen LogP contribution in [0, 0.1) is 0 Å². The number of H-pyrrole nitrogens is 1. The van der Waals surface area contributed by atoms with Gasteiger partial charge in [-0.3, -0.25) is 19.2 Å². The first-order valence-electron chi connectivity index (χ1n) is 14.6. The summed E-state index contributed by atoms with van der Waals surface area (Å²) < 4.78 is 0. The van der Waals surface area contributed by atoms with Gasteiger partial charge in [0.1, 0.15) is 23.9 Å². The van der Waals surface area contributed by atoms with E-state index in [0.29, 0.717) is 30.5 Å². The number of carboxylic acid groups (broad SMARTS) is 2. The number of carbonyl (C=O) groups excluding carboxylic acids is 3. The van der Waals surface area contributed by atoms with Gasteiger partial charge in [0.05, 0.1) is 6.04 Å². The average Bonchev–Trinajstić information content (AvgIpc) is 3.42. The summed E-state index contributed by atoms with van der Waals surface area (Å²) in [4.78, 5) is 66.2. The number of rotatable bonds is 18. The van der Waals surface area contributed by atoms with Gasteiger partial charge in [-0.2, -0.15) is 0 Å². The average molecular weight is 625 g/mol. The Hall–Kier alpha value is -4.95. The molecule has 4 atom stereocenters. The first-order valence-corrected chi connectivity index (χ1v) is 14.6. The molecule has 3 amide bonds. The quantitative estimate of drug-likeness (QED) is 0.0887. The maximum Gasteiger partial charge on any atom is 0.326 e. The molecule has 0 fully saturated rings. The molecule has 242 valence electrons. The molecule has 0 saturated heterocycles. The number of nitrogens with two attached hydrogens (primary N) is 2. The molecule has 0 aliphatic carbocycles. The van der Waals surface area contributed by atoms with Gasteiger partial charge in [0.2, 0.25) is 17.7 Å². The molecular formula is C31H40N6O8. The molecule has 45 heavy (non-hydrogen) atoms. The molecule has 0 saturated carbocycles. The van der Waals surface area contributed by atoms with Crippen LogP contribution in [0.25, 0.3) is 10.9 Å². The monoisotopic (exact) mass is 624 g/mol. The number of carbonyl (C=O) groups is 5. The van der Waals surface area contributed by atoms with Gasteiger partial charge >= 0.3 is 11.9 Å². The molecule has 14 nitrogen and oxygen atoms in total. The molecule has 0 bridgehead atoms. The Kier molecular flexibility index (Phi) is 12.9. The Morgan fingerprint density at radius 3 is 2.04 bits per heavy atom. The fourth-order valence-electron chi connectivity index (χ4n) is 4.79. The van der Waals surface area contributed by atoms with E-state index in [1.807, 2.05) is 24.3 Å². The van der Waals surface area contributed by atoms with Crippen LogP contribution < -0.4 is 27.4 Å². The van der Waals surface area contributed by atoms with Crippen molar-refractivity contribution in [3.05, 3.63) is 65.9 Å². The number of fused-ring (bicyclic) bond motifs is 1. The van der Waals surface area contributed by atoms with E-state index in [-0.39, 0.29) is 37.9 Å². The Bertz CT molecular complexity index is 1470. The van der Waals surface area contributed by atoms with E-state index in [0.717, 1.165) is 10.9 Å². The zero-order valence-electron chi connectivity index (χ0n) is 24.7. The Morgan fingerprint density at radius 2 is 1.40 bits per heavy atom. The van der Waals surface area contributed by atoms with Gasteiger partial charge in [0, 0.05) is 36.4 Å². The lowest BCUT2D eigenvalue weighted by molar-refractivity contribution is -0.142. The summed E-state index contributed by atoms with van der Waals surface area (Å²) in [5, 5.41) is 36.9. The van der Waals surface area contributed by atoms with Crippen molar-refractivity contribution in [3.8, 4) is 5.75 Å². The fourth-order valence-corrected chi connectivity index (χ4v) is 4.79. The van der Waals surface area contributed by atoms with Crippen molar-refractivity contribution in [1.29, 1.82) is 0 Å². The van der Waals surface area contributed by atoms with Gasteiger partial charge in [-0.15, -0.1) is 0 Å². The van der Waals surface area contributed by atoms with Crippen LogP contribution in [0.3, 0.4) is 0 Å². The number of phenols is 1. The predicted octanol–water partition coefficient (Wildman–Crippen LogP) is 0.519. The van der Waals surface area contributed by atoms with Gasteiger partial charge in [-0.05, 0) is 61.6 Å². The first kappa shape index (κ1) is 34.5. The summed E-state index contributed by atoms with van der Waals surface area (Å²) >= 11 is 0. The lowest BCUT2D eigenvalue weighted by Crippen LogP contribution is -2.58. The largest absolute Gasteiger partial charge is 0.508 e. The predicted molar refractivity (Wildman–Crippen MR) is 165 cm³/mol. The molecule has 11 N–H and O–H groups in total. The number of amides is 3. The number of hydrogen-bond acceptors (Lipinski definition) is 8. The minimum atomic E-state index is -1.26. The molecule has 0 spiro atoms. The third-order valence-corrected chi connectivity index (χ3v) is 7.31. The van der Waals surface area contributed by atoms with Crippen molar-refractivity contribution in [2.24, 2.45) is 11.5 Å². The number of phenolic OH excluding ortho intramolecular Hbond substituents is 1. The van der Waals surface area contributed by atoms with Gasteiger partial charge in [-0.25, -0.2) is 4.79 Å². The number of hydrogen-bond donors (Lipinski definition) is 9. The molecule has 3 aromatic rings. The molecule has 1 aromatic heterocycles. The summed E-state index contributed by atoms with van der Waals surface area (Å²) in [6.45, 7) is 0.364. The van der Waals surface area contributed by atoms with Crippen molar-refractivity contribution >= 4 is 40.6 Å². The maximum absolute atomic E-state index is 13.8. The van der Waals surface area contributed by atoms with Crippen LogP contribution in [-0.2, 0) is 36.8 Å². The smallest absolute Gasteiger partial charge is 0.326 e. The van der Waals surface area contributed by atoms with E-state index >= 15 is 0 Å². The van der Waals surface area contributed by atoms with Crippen molar-refractivity contribution in [2.75, 3.05) is 6.54 Å². The number of aromatic hydroxyl groups is 1. The van der Waals surface area contributed by atoms with Crippen molar-refractivity contribution in [1.82, 2.24) is 20.9 Å². The molecule has 4 unspecified atom stereocenters. The van der Waals surface area contributed by atoms with E-state index < -0.39 is 53.8 Å². The van der Waals surface area contributed by atoms with Crippen LogP contribution in [0.2, 0.25) is 0 Å². The highest BCUT2D eigenvalue weighted by atomic mass is 16.4. The molecule has 2 aromatic carbocycles. The molecule has 0 aliphatic heterocycles. The zero-order chi connectivity index (χ0) is 32.9. The number of aliphatic carboxylic acids is 2. The van der Waals surface area contributed by atoms with Crippen LogP contribution in [0.1, 0.15) is 43.2 Å². The van der Waals surface area contributed by atoms with Crippen molar-refractivity contribution < 1.29 is 39.3 Å². The summed E-state index contributed by atoms with van der Waals surface area (Å²) in [5.74, 6) is -4.62. The second-order valence-corrected chi connectivity index (χ2v) is 10.8. The Labute approximate surface area is 259 Å². The van der Waals surface area contributed by atoms with Crippen molar-refractivity contribution in [3.63, 3.8) is 0 Å². The normalized spacial score (nSPS) is 13.7. The zero-order valence-corrected chi connectivity index (χ0v) is 24.7. The Morgan fingerprint density at radius 1 is 0.778 bits per heavy atom. The third-order valence-electron chi connectivity index (χ3n) is 7.31. The Balaban J connectivity index is 1.88. The summed E-state index contributed by atoms with van der Waals surface area (Å²) in [6, 6.07) is 8.36.